The van der Waals surface area contributed by atoms with Gasteiger partial charge in [0.2, 0.25) is 6.10 Å². The lowest BCUT2D eigenvalue weighted by atomic mass is 9.80. The zero-order valence-electron chi connectivity index (χ0n) is 15.3. The van der Waals surface area contributed by atoms with Crippen LogP contribution in [0.3, 0.4) is 0 Å². The van der Waals surface area contributed by atoms with E-state index < -0.39 is 78.8 Å². The normalized spacial score (nSPS) is 19.6. The molecule has 1 saturated heterocycles. The van der Waals surface area contributed by atoms with E-state index >= 15 is 0 Å². The molecule has 19 heteroatoms. The molecule has 0 saturated carbocycles. The van der Waals surface area contributed by atoms with Gasteiger partial charge in [0.1, 0.15) is 0 Å². The van der Waals surface area contributed by atoms with Crippen LogP contribution in [-0.4, -0.2) is 61.5 Å². The van der Waals surface area contributed by atoms with Crippen LogP contribution in [0, 0.1) is 5.41 Å². The fourth-order valence-electron chi connectivity index (χ4n) is 2.68. The molecule has 1 aliphatic heterocycles. The highest BCUT2D eigenvalue weighted by molar-refractivity contribution is 5.35. The monoisotopic (exact) mass is 532 g/mol. The first kappa shape index (κ1) is 29.3. The lowest BCUT2D eigenvalue weighted by Crippen LogP contribution is -2.66. The Morgan fingerprint density at radius 2 is 0.970 bits per heavy atom. The Morgan fingerprint density at radius 3 is 1.15 bits per heavy atom. The molecule has 1 heterocycles. The molecule has 196 valence electrons. The molecule has 0 N–H and O–H groups in total. The van der Waals surface area contributed by atoms with Gasteiger partial charge in [-0.05, 0) is 0 Å². The number of allylic oxidation sites excluding steroid dienone is 1. The van der Waals surface area contributed by atoms with Crippen molar-refractivity contribution in [3.63, 3.8) is 0 Å². The summed E-state index contributed by atoms with van der Waals surface area (Å²) in [5.74, 6) is 0. The third-order valence-corrected chi connectivity index (χ3v) is 4.42. The second kappa shape index (κ2) is 7.93. The molecule has 1 unspecified atom stereocenters. The zero-order chi connectivity index (χ0) is 26.7. The van der Waals surface area contributed by atoms with Crippen LogP contribution in [0.2, 0.25) is 0 Å². The van der Waals surface area contributed by atoms with Crippen LogP contribution in [0.1, 0.15) is 6.92 Å². The molecule has 0 aromatic heterocycles. The van der Waals surface area contributed by atoms with Crippen LogP contribution in [0.25, 0.3) is 0 Å². The van der Waals surface area contributed by atoms with E-state index in [2.05, 4.69) is 9.47 Å². The lowest BCUT2D eigenvalue weighted by molar-refractivity contribution is -0.365. The number of hydrogen-bond donors (Lipinski definition) is 0. The second-order valence-corrected chi connectivity index (χ2v) is 7.04. The number of rotatable bonds is 5. The summed E-state index contributed by atoms with van der Waals surface area (Å²) in [7, 11) is 0. The Morgan fingerprint density at radius 1 is 0.667 bits per heavy atom. The van der Waals surface area contributed by atoms with Crippen molar-refractivity contribution < 1.29 is 84.1 Å². The molecule has 33 heavy (non-hydrogen) atoms. The summed E-state index contributed by atoms with van der Waals surface area (Å²) in [4.78, 5) is 0. The predicted molar refractivity (Wildman–Crippen MR) is 69.8 cm³/mol. The van der Waals surface area contributed by atoms with Crippen molar-refractivity contribution in [2.24, 2.45) is 5.41 Å². The summed E-state index contributed by atoms with van der Waals surface area (Å²) in [5.41, 5.74) is -22.9. The third kappa shape index (κ3) is 4.78. The van der Waals surface area contributed by atoms with E-state index in [0.29, 0.717) is 6.92 Å². The molecule has 1 atom stereocenters. The maximum Gasteiger partial charge on any atom is 0.435 e. The molecule has 1 fully saturated rings. The van der Waals surface area contributed by atoms with Crippen molar-refractivity contribution in [3.05, 3.63) is 11.8 Å². The SMILES string of the molecule is CC1(C(OC=C(C(F)(C(F)(F)F)C(F)(F)F)C(F)(C(F)(F)F)C(F)(F)F)C(F)(F)F)COC1. The Balaban J connectivity index is 4.02. The number of hydrogen-bond acceptors (Lipinski definition) is 2. The van der Waals surface area contributed by atoms with Gasteiger partial charge < -0.3 is 9.47 Å². The molecule has 0 spiro atoms. The van der Waals surface area contributed by atoms with Crippen molar-refractivity contribution in [1.82, 2.24) is 0 Å². The first-order chi connectivity index (χ1) is 14.2. The maximum atomic E-state index is 14.2. The molecule has 1 aliphatic rings. The number of alkyl halides is 17. The summed E-state index contributed by atoms with van der Waals surface area (Å²) in [6.45, 7) is -1.54. The van der Waals surface area contributed by atoms with Crippen molar-refractivity contribution >= 4 is 0 Å². The van der Waals surface area contributed by atoms with Crippen molar-refractivity contribution in [2.45, 2.75) is 55.2 Å². The van der Waals surface area contributed by atoms with E-state index in [0.717, 1.165) is 0 Å². The first-order valence-corrected chi connectivity index (χ1v) is 7.83. The highest BCUT2D eigenvalue weighted by Crippen LogP contribution is 2.61. The molecule has 0 aromatic rings. The van der Waals surface area contributed by atoms with Crippen molar-refractivity contribution in [2.75, 3.05) is 13.2 Å². The molecule has 1 rings (SSSR count). The molecular weight excluding hydrogens is 523 g/mol. The summed E-state index contributed by atoms with van der Waals surface area (Å²) in [6.07, 6.45) is -42.8. The van der Waals surface area contributed by atoms with Gasteiger partial charge in [-0.1, -0.05) is 6.92 Å². The van der Waals surface area contributed by atoms with Crippen LogP contribution in [0.4, 0.5) is 74.6 Å². The van der Waals surface area contributed by atoms with E-state index in [9.17, 15) is 74.6 Å². The van der Waals surface area contributed by atoms with E-state index in [1.807, 2.05) is 0 Å². The number of ether oxygens (including phenoxy) is 2. The first-order valence-electron chi connectivity index (χ1n) is 7.83. The molecule has 2 nitrogen and oxygen atoms in total. The van der Waals surface area contributed by atoms with Gasteiger partial charge in [0.05, 0.1) is 30.5 Å². The van der Waals surface area contributed by atoms with Gasteiger partial charge >= 0.3 is 42.2 Å². The van der Waals surface area contributed by atoms with Crippen LogP contribution in [0.15, 0.2) is 11.8 Å². The fraction of sp³-hybridized carbons (Fsp3) is 0.857. The fourth-order valence-corrected chi connectivity index (χ4v) is 2.68. The predicted octanol–water partition coefficient (Wildman–Crippen LogP) is 6.52. The Hall–Kier alpha value is -1.69. The Bertz CT molecular complexity index is 663. The van der Waals surface area contributed by atoms with Gasteiger partial charge in [0.25, 0.3) is 0 Å². The zero-order valence-corrected chi connectivity index (χ0v) is 15.3. The minimum atomic E-state index is -7.78. The molecule has 0 amide bonds. The smallest absolute Gasteiger partial charge is 0.435 e. The largest absolute Gasteiger partial charge is 0.488 e. The van der Waals surface area contributed by atoms with Gasteiger partial charge in [0.15, 0.2) is 0 Å². The highest BCUT2D eigenvalue weighted by atomic mass is 19.4. The van der Waals surface area contributed by atoms with Crippen molar-refractivity contribution in [1.29, 1.82) is 0 Å². The molecule has 0 aromatic carbocycles. The van der Waals surface area contributed by atoms with Gasteiger partial charge in [-0.15, -0.1) is 0 Å². The molecule has 0 aliphatic carbocycles. The summed E-state index contributed by atoms with van der Waals surface area (Å²) in [6, 6.07) is 0. The quantitative estimate of drug-likeness (QED) is 0.297. The topological polar surface area (TPSA) is 18.5 Å². The van der Waals surface area contributed by atoms with Crippen LogP contribution >= 0.6 is 0 Å². The molecule has 0 radical (unpaired) electrons. The summed E-state index contributed by atoms with van der Waals surface area (Å²) >= 11 is 0. The standard InChI is InChI=1S/C14H9F17O2/c1-7(3-32-4-7)6(10(17,18)19)33-2-5(8(15,11(20,21)22)12(23,24)25)9(16,13(26,27)28)14(29,30)31/h2,6H,3-4H2,1H3. The van der Waals surface area contributed by atoms with E-state index in [1.54, 1.807) is 0 Å². The Kier molecular flexibility index (Phi) is 7.05. The minimum Gasteiger partial charge on any atom is -0.488 e. The lowest BCUT2D eigenvalue weighted by Gasteiger charge is -2.44. The van der Waals surface area contributed by atoms with Gasteiger partial charge in [0, 0.05) is 0 Å². The number of halogens is 17. The average molecular weight is 532 g/mol. The summed E-state index contributed by atoms with van der Waals surface area (Å²) in [5, 5.41) is 0. The van der Waals surface area contributed by atoms with E-state index in [1.165, 1.54) is 0 Å². The van der Waals surface area contributed by atoms with E-state index in [4.69, 9.17) is 0 Å². The van der Waals surface area contributed by atoms with Crippen molar-refractivity contribution in [3.8, 4) is 0 Å². The second-order valence-electron chi connectivity index (χ2n) is 7.04. The van der Waals surface area contributed by atoms with Crippen LogP contribution in [-0.2, 0) is 9.47 Å². The molecule has 0 bridgehead atoms. The van der Waals surface area contributed by atoms with Crippen LogP contribution in [0.5, 0.6) is 0 Å². The van der Waals surface area contributed by atoms with E-state index in [-0.39, 0.29) is 0 Å². The summed E-state index contributed by atoms with van der Waals surface area (Å²) < 4.78 is 230. The van der Waals surface area contributed by atoms with Crippen LogP contribution < -0.4 is 0 Å². The minimum absolute atomic E-state index is 0.522. The van der Waals surface area contributed by atoms with Gasteiger partial charge in [-0.25, -0.2) is 8.78 Å². The van der Waals surface area contributed by atoms with Gasteiger partial charge in [-0.3, -0.25) is 0 Å². The highest BCUT2D eigenvalue weighted by Gasteiger charge is 2.86. The molecular formula is C14H9F17O2. The Labute approximate surface area is 171 Å². The van der Waals surface area contributed by atoms with Gasteiger partial charge in [-0.2, -0.15) is 65.9 Å². The maximum absolute atomic E-state index is 14.2. The average Bonchev–Trinajstić information content (AvgIpc) is 2.50. The third-order valence-electron chi connectivity index (χ3n) is 4.42.